The van der Waals surface area contributed by atoms with Gasteiger partial charge in [-0.1, -0.05) is 72.8 Å². The predicted molar refractivity (Wildman–Crippen MR) is 227 cm³/mol. The number of hydrogen-bond acceptors (Lipinski definition) is 8. The maximum Gasteiger partial charge on any atom is 0.123 e. The minimum absolute atomic E-state index is 0.0172. The Morgan fingerprint density at radius 1 is 0.241 bits per heavy atom. The number of phenolic OH excluding ortho intramolecular Hbond substituents is 8. The highest BCUT2D eigenvalue weighted by atomic mass is 16.3. The van der Waals surface area contributed by atoms with Gasteiger partial charge in [-0.3, -0.25) is 0 Å². The smallest absolute Gasteiger partial charge is 0.123 e. The monoisotopic (exact) mass is 766 g/mol. The van der Waals surface area contributed by atoms with Gasteiger partial charge >= 0.3 is 0 Å². The van der Waals surface area contributed by atoms with Crippen molar-refractivity contribution in [3.63, 3.8) is 0 Å². The first kappa shape index (κ1) is 36.1. The van der Waals surface area contributed by atoms with Crippen molar-refractivity contribution < 1.29 is 40.9 Å². The zero-order chi connectivity index (χ0) is 40.7. The third-order valence-corrected chi connectivity index (χ3v) is 12.2. The molecule has 8 N–H and O–H groups in total. The van der Waals surface area contributed by atoms with Crippen LogP contribution in [0, 0.1) is 0 Å². The van der Waals surface area contributed by atoms with Crippen molar-refractivity contribution in [1.82, 2.24) is 0 Å². The maximum absolute atomic E-state index is 11.4. The third kappa shape index (κ3) is 5.37. The summed E-state index contributed by atoms with van der Waals surface area (Å²) in [5, 5.41) is 92.8. The second-order valence-electron chi connectivity index (χ2n) is 15.3. The van der Waals surface area contributed by atoms with Gasteiger partial charge in [0.15, 0.2) is 0 Å². The van der Waals surface area contributed by atoms with Gasteiger partial charge in [-0.15, -0.1) is 0 Å². The lowest BCUT2D eigenvalue weighted by molar-refractivity contribution is 0.472. The van der Waals surface area contributed by atoms with E-state index in [2.05, 4.69) is 0 Å². The second-order valence-corrected chi connectivity index (χ2v) is 15.3. The lowest BCUT2D eigenvalue weighted by Gasteiger charge is -2.35. The van der Waals surface area contributed by atoms with Crippen molar-refractivity contribution in [1.29, 1.82) is 0 Å². The van der Waals surface area contributed by atoms with Gasteiger partial charge in [-0.25, -0.2) is 0 Å². The molecular formula is C50H38O8. The third-order valence-electron chi connectivity index (χ3n) is 12.2. The van der Waals surface area contributed by atoms with E-state index >= 15 is 0 Å². The molecule has 58 heavy (non-hydrogen) atoms. The molecule has 0 fully saturated rings. The van der Waals surface area contributed by atoms with Crippen molar-refractivity contribution >= 4 is 43.1 Å². The zero-order valence-corrected chi connectivity index (χ0v) is 31.4. The molecule has 0 amide bonds. The first-order valence-corrected chi connectivity index (χ1v) is 18.7. The number of phenols is 8. The van der Waals surface area contributed by atoms with Crippen LogP contribution < -0.4 is 0 Å². The molecule has 0 radical (unpaired) electrons. The molecule has 0 heterocycles. The van der Waals surface area contributed by atoms with Gasteiger partial charge in [-0.05, 0) is 120 Å². The molecule has 9 aromatic rings. The number of hydrogen-bond donors (Lipinski definition) is 8. The lowest BCUT2D eigenvalue weighted by Crippen LogP contribution is -2.28. The van der Waals surface area contributed by atoms with Crippen LogP contribution in [-0.4, -0.2) is 40.9 Å². The van der Waals surface area contributed by atoms with Crippen molar-refractivity contribution in [2.45, 2.75) is 24.7 Å². The van der Waals surface area contributed by atoms with E-state index in [-0.39, 0.29) is 46.0 Å². The van der Waals surface area contributed by atoms with Crippen LogP contribution in [0.15, 0.2) is 146 Å². The molecule has 0 bridgehead atoms. The molecule has 8 heteroatoms. The molecule has 0 aliphatic rings. The summed E-state index contributed by atoms with van der Waals surface area (Å²) in [4.78, 5) is 0. The van der Waals surface area contributed by atoms with E-state index in [0.29, 0.717) is 65.3 Å². The van der Waals surface area contributed by atoms with E-state index < -0.39 is 10.8 Å². The van der Waals surface area contributed by atoms with E-state index in [1.165, 1.54) is 0 Å². The SMILES string of the molecule is CC(c1ccc(C(C)(c2cc(O)c3cccc(O)c3c2)c2cc(O)c3cccc(O)c3c2)cc1)(c1cc(O)c2cccc(O)c2c1)c1cc(O)c2cccc(O)c2c1. The first-order valence-electron chi connectivity index (χ1n) is 18.7. The number of fused-ring (bicyclic) bond motifs is 4. The molecule has 0 aliphatic heterocycles. The van der Waals surface area contributed by atoms with Crippen LogP contribution in [0.3, 0.4) is 0 Å². The Labute approximate surface area is 332 Å². The zero-order valence-electron chi connectivity index (χ0n) is 31.4. The Morgan fingerprint density at radius 2 is 0.466 bits per heavy atom. The van der Waals surface area contributed by atoms with E-state index in [0.717, 1.165) is 11.1 Å². The Bertz CT molecular complexity index is 2740. The lowest BCUT2D eigenvalue weighted by atomic mass is 9.67. The van der Waals surface area contributed by atoms with Crippen LogP contribution in [-0.2, 0) is 10.8 Å². The minimum Gasteiger partial charge on any atom is -0.507 e. The summed E-state index contributed by atoms with van der Waals surface area (Å²) < 4.78 is 0. The van der Waals surface area contributed by atoms with Gasteiger partial charge in [0.05, 0.1) is 0 Å². The highest BCUT2D eigenvalue weighted by molar-refractivity contribution is 5.97. The summed E-state index contributed by atoms with van der Waals surface area (Å²) in [6.07, 6.45) is 0. The molecule has 286 valence electrons. The molecule has 0 aliphatic carbocycles. The summed E-state index contributed by atoms with van der Waals surface area (Å²) in [6.45, 7) is 3.88. The van der Waals surface area contributed by atoms with E-state index in [1.54, 1.807) is 97.1 Å². The van der Waals surface area contributed by atoms with Crippen molar-refractivity contribution in [3.8, 4) is 46.0 Å². The Kier molecular flexibility index (Phi) is 8.09. The Morgan fingerprint density at radius 3 is 0.690 bits per heavy atom. The average molecular weight is 767 g/mol. The van der Waals surface area contributed by atoms with Crippen LogP contribution in [0.1, 0.15) is 47.2 Å². The molecule has 0 saturated heterocycles. The predicted octanol–water partition coefficient (Wildman–Crippen LogP) is 10.7. The molecule has 0 saturated carbocycles. The fourth-order valence-corrected chi connectivity index (χ4v) is 8.69. The molecule has 8 nitrogen and oxygen atoms in total. The molecule has 0 spiro atoms. The van der Waals surface area contributed by atoms with Crippen LogP contribution >= 0.6 is 0 Å². The number of aromatic hydroxyl groups is 8. The number of rotatable bonds is 6. The maximum atomic E-state index is 11.4. The summed E-state index contributed by atoms with van der Waals surface area (Å²) in [5.41, 5.74) is 1.58. The first-order chi connectivity index (χ1) is 27.8. The summed E-state index contributed by atoms with van der Waals surface area (Å²) >= 11 is 0. The topological polar surface area (TPSA) is 162 Å². The standard InChI is InChI=1S/C50H38O8/c1-49(29-19-37-33(45(55)23-29)7-3-11-41(37)51,30-20-38-34(46(56)24-30)8-4-12-42(38)52)27-15-17-28(18-16-27)50(2,31-21-39-35(47(57)25-31)9-5-13-43(39)53)32-22-40-36(48(58)26-32)10-6-14-44(40)54/h3-26,51-58H,1-2H3. The second kappa shape index (κ2) is 13.0. The van der Waals surface area contributed by atoms with E-state index in [4.69, 9.17) is 0 Å². The fourth-order valence-electron chi connectivity index (χ4n) is 8.69. The Hall–Kier alpha value is -7.58. The molecule has 9 rings (SSSR count). The van der Waals surface area contributed by atoms with Crippen LogP contribution in [0.4, 0.5) is 0 Å². The van der Waals surface area contributed by atoms with Gasteiger partial charge in [0.25, 0.3) is 0 Å². The minimum atomic E-state index is -1.11. The Balaban J connectivity index is 1.31. The van der Waals surface area contributed by atoms with Crippen molar-refractivity contribution in [2.24, 2.45) is 0 Å². The summed E-state index contributed by atoms with van der Waals surface area (Å²) in [7, 11) is 0. The largest absolute Gasteiger partial charge is 0.507 e. The van der Waals surface area contributed by atoms with Gasteiger partial charge in [0, 0.05) is 53.9 Å². The molecule has 0 unspecified atom stereocenters. The highest BCUT2D eigenvalue weighted by Gasteiger charge is 2.37. The van der Waals surface area contributed by atoms with Crippen LogP contribution in [0.2, 0.25) is 0 Å². The number of benzene rings is 9. The highest BCUT2D eigenvalue weighted by Crippen LogP contribution is 2.49. The van der Waals surface area contributed by atoms with Crippen molar-refractivity contribution in [3.05, 3.63) is 179 Å². The van der Waals surface area contributed by atoms with Gasteiger partial charge in [-0.2, -0.15) is 0 Å². The molecule has 0 atom stereocenters. The van der Waals surface area contributed by atoms with Crippen LogP contribution in [0.25, 0.3) is 43.1 Å². The van der Waals surface area contributed by atoms with E-state index in [9.17, 15) is 40.9 Å². The van der Waals surface area contributed by atoms with Gasteiger partial charge in [0.1, 0.15) is 46.0 Å². The van der Waals surface area contributed by atoms with Gasteiger partial charge in [0.2, 0.25) is 0 Å². The molecular weight excluding hydrogens is 729 g/mol. The summed E-state index contributed by atoms with van der Waals surface area (Å²) in [6, 6.07) is 41.2. The normalized spacial score (nSPS) is 12.2. The van der Waals surface area contributed by atoms with E-state index in [1.807, 2.05) is 62.4 Å². The molecule has 0 aromatic heterocycles. The van der Waals surface area contributed by atoms with Crippen molar-refractivity contribution in [2.75, 3.05) is 0 Å². The fraction of sp³-hybridized carbons (Fsp3) is 0.0800. The van der Waals surface area contributed by atoms with Crippen LogP contribution in [0.5, 0.6) is 46.0 Å². The van der Waals surface area contributed by atoms with Gasteiger partial charge < -0.3 is 40.9 Å². The average Bonchev–Trinajstić information content (AvgIpc) is 3.21. The quantitative estimate of drug-likeness (QED) is 0.0776. The molecule has 9 aromatic carbocycles. The summed E-state index contributed by atoms with van der Waals surface area (Å²) in [5.74, 6) is -0.271.